The van der Waals surface area contributed by atoms with Gasteiger partial charge >= 0.3 is 0 Å². The summed E-state index contributed by atoms with van der Waals surface area (Å²) >= 11 is 13.6. The molecule has 0 radical (unpaired) electrons. The van der Waals surface area contributed by atoms with Gasteiger partial charge in [-0.25, -0.2) is 0 Å². The lowest BCUT2D eigenvalue weighted by atomic mass is 10.2. The van der Waals surface area contributed by atoms with E-state index < -0.39 is 0 Å². The first kappa shape index (κ1) is 18.0. The molecule has 1 amide bonds. The fraction of sp³-hybridized carbons (Fsp3) is 0.235. The minimum absolute atomic E-state index is 0.0233. The number of thioether (sulfide) groups is 1. The van der Waals surface area contributed by atoms with Crippen LogP contribution in [0, 0.1) is 0 Å². The number of rotatable bonds is 8. The fourth-order valence-corrected chi connectivity index (χ4v) is 3.17. The molecule has 0 aromatic heterocycles. The van der Waals surface area contributed by atoms with Crippen LogP contribution in [0.2, 0.25) is 10.0 Å². The van der Waals surface area contributed by atoms with Crippen molar-refractivity contribution in [2.24, 2.45) is 0 Å². The van der Waals surface area contributed by atoms with E-state index in [0.29, 0.717) is 35.4 Å². The van der Waals surface area contributed by atoms with Gasteiger partial charge in [-0.3, -0.25) is 4.79 Å². The summed E-state index contributed by atoms with van der Waals surface area (Å²) < 4.78 is 5.51. The molecule has 0 saturated carbocycles. The number of hydrogen-bond donors (Lipinski definition) is 1. The first-order valence-corrected chi connectivity index (χ1v) is 9.03. The number of carbonyl (C=O) groups is 1. The molecule has 0 unspecified atom stereocenters. The first-order valence-electron chi connectivity index (χ1n) is 7.12. The third-order valence-corrected chi connectivity index (χ3v) is 4.63. The van der Waals surface area contributed by atoms with E-state index in [9.17, 15) is 4.79 Å². The van der Waals surface area contributed by atoms with Crippen LogP contribution in [0.4, 0.5) is 0 Å². The number of para-hydroxylation sites is 1. The second-order valence-corrected chi connectivity index (χ2v) is 6.51. The summed E-state index contributed by atoms with van der Waals surface area (Å²) in [6, 6.07) is 14.9. The van der Waals surface area contributed by atoms with Crippen LogP contribution in [-0.4, -0.2) is 24.8 Å². The van der Waals surface area contributed by atoms with E-state index in [1.165, 1.54) is 11.8 Å². The average Bonchev–Trinajstić information content (AvgIpc) is 2.55. The van der Waals surface area contributed by atoms with E-state index >= 15 is 0 Å². The monoisotopic (exact) mass is 369 g/mol. The van der Waals surface area contributed by atoms with Crippen LogP contribution in [0.3, 0.4) is 0 Å². The van der Waals surface area contributed by atoms with Crippen molar-refractivity contribution in [3.8, 4) is 5.75 Å². The van der Waals surface area contributed by atoms with E-state index in [0.717, 1.165) is 10.6 Å². The number of hydrogen-bond acceptors (Lipinski definition) is 3. The molecule has 0 heterocycles. The van der Waals surface area contributed by atoms with E-state index in [2.05, 4.69) is 5.32 Å². The molecule has 0 aliphatic heterocycles. The number of ether oxygens (including phenoxy) is 1. The minimum atomic E-state index is -0.0233. The summed E-state index contributed by atoms with van der Waals surface area (Å²) in [5.41, 5.74) is 1.04. The lowest BCUT2D eigenvalue weighted by Crippen LogP contribution is -2.29. The topological polar surface area (TPSA) is 38.3 Å². The molecular weight excluding hydrogens is 353 g/mol. The molecule has 6 heteroatoms. The molecule has 122 valence electrons. The van der Waals surface area contributed by atoms with Gasteiger partial charge in [-0.15, -0.1) is 11.8 Å². The third-order valence-electron chi connectivity index (χ3n) is 2.97. The smallest absolute Gasteiger partial charge is 0.230 e. The Morgan fingerprint density at radius 1 is 1.04 bits per heavy atom. The maximum Gasteiger partial charge on any atom is 0.230 e. The molecule has 3 nitrogen and oxygen atoms in total. The Bertz CT molecular complexity index is 652. The normalized spacial score (nSPS) is 10.3. The number of benzene rings is 2. The van der Waals surface area contributed by atoms with Crippen LogP contribution in [0.5, 0.6) is 5.75 Å². The first-order chi connectivity index (χ1) is 11.2. The molecule has 1 N–H and O–H groups in total. The Morgan fingerprint density at radius 3 is 2.48 bits per heavy atom. The van der Waals surface area contributed by atoms with Gasteiger partial charge in [0.15, 0.2) is 0 Å². The standard InChI is InChI=1S/C17H17Cl2NO2S/c18-14-6-2-1-5-13(14)11-23-12-17(21)20-9-10-22-16-8-4-3-7-15(16)19/h1-8H,9-12H2,(H,20,21). The molecule has 0 atom stereocenters. The van der Waals surface area contributed by atoms with Crippen LogP contribution < -0.4 is 10.1 Å². The number of amides is 1. The van der Waals surface area contributed by atoms with Crippen molar-refractivity contribution in [1.29, 1.82) is 0 Å². The van der Waals surface area contributed by atoms with Gasteiger partial charge in [-0.1, -0.05) is 53.5 Å². The number of carbonyl (C=O) groups excluding carboxylic acids is 1. The summed E-state index contributed by atoms with van der Waals surface area (Å²) in [5, 5.41) is 4.11. The van der Waals surface area contributed by atoms with Gasteiger partial charge in [-0.2, -0.15) is 0 Å². The zero-order chi connectivity index (χ0) is 16.5. The minimum Gasteiger partial charge on any atom is -0.490 e. The van der Waals surface area contributed by atoms with Crippen LogP contribution >= 0.6 is 35.0 Å². The second-order valence-electron chi connectivity index (χ2n) is 4.71. The molecule has 2 rings (SSSR count). The molecule has 0 aliphatic rings. The van der Waals surface area contributed by atoms with Crippen molar-refractivity contribution in [1.82, 2.24) is 5.32 Å². The van der Waals surface area contributed by atoms with Crippen LogP contribution in [0.25, 0.3) is 0 Å². The summed E-state index contributed by atoms with van der Waals surface area (Å²) in [6.45, 7) is 0.821. The van der Waals surface area contributed by atoms with Gasteiger partial charge in [0.2, 0.25) is 5.91 Å². The Labute approximate surface area is 150 Å². The SMILES string of the molecule is O=C(CSCc1ccccc1Cl)NCCOc1ccccc1Cl. The summed E-state index contributed by atoms with van der Waals surface area (Å²) in [6.07, 6.45) is 0. The van der Waals surface area contributed by atoms with Gasteiger partial charge in [0, 0.05) is 10.8 Å². The van der Waals surface area contributed by atoms with Crippen LogP contribution in [0.1, 0.15) is 5.56 Å². The fourth-order valence-electron chi connectivity index (χ4n) is 1.83. The zero-order valence-corrected chi connectivity index (χ0v) is 14.8. The van der Waals surface area contributed by atoms with E-state index in [4.69, 9.17) is 27.9 Å². The van der Waals surface area contributed by atoms with Gasteiger partial charge in [0.1, 0.15) is 12.4 Å². The molecule has 0 bridgehead atoms. The zero-order valence-electron chi connectivity index (χ0n) is 12.4. The third kappa shape index (κ3) is 6.34. The van der Waals surface area contributed by atoms with Crippen LogP contribution in [-0.2, 0) is 10.5 Å². The largest absolute Gasteiger partial charge is 0.490 e. The number of nitrogens with one attached hydrogen (secondary N) is 1. The summed E-state index contributed by atoms with van der Waals surface area (Å²) in [4.78, 5) is 11.7. The highest BCUT2D eigenvalue weighted by atomic mass is 35.5. The lowest BCUT2D eigenvalue weighted by Gasteiger charge is -2.09. The highest BCUT2D eigenvalue weighted by molar-refractivity contribution is 7.99. The quantitative estimate of drug-likeness (QED) is 0.699. The molecule has 2 aromatic carbocycles. The van der Waals surface area contributed by atoms with Gasteiger partial charge in [-0.05, 0) is 23.8 Å². The number of halogens is 2. The van der Waals surface area contributed by atoms with Gasteiger partial charge < -0.3 is 10.1 Å². The van der Waals surface area contributed by atoms with Crippen molar-refractivity contribution in [2.45, 2.75) is 5.75 Å². The Balaban J connectivity index is 1.60. The van der Waals surface area contributed by atoms with Crippen molar-refractivity contribution >= 4 is 40.9 Å². The average molecular weight is 370 g/mol. The summed E-state index contributed by atoms with van der Waals surface area (Å²) in [5.74, 6) is 1.70. The van der Waals surface area contributed by atoms with E-state index in [-0.39, 0.29) is 5.91 Å². The molecule has 0 aliphatic carbocycles. The predicted octanol–water partition coefficient (Wildman–Crippen LogP) is 4.42. The molecule has 0 fully saturated rings. The molecule has 0 saturated heterocycles. The van der Waals surface area contributed by atoms with Crippen molar-refractivity contribution in [2.75, 3.05) is 18.9 Å². The highest BCUT2D eigenvalue weighted by Crippen LogP contribution is 2.23. The maximum absolute atomic E-state index is 11.7. The highest BCUT2D eigenvalue weighted by Gasteiger charge is 2.04. The second kappa shape index (κ2) is 9.71. The van der Waals surface area contributed by atoms with Crippen molar-refractivity contribution in [3.05, 3.63) is 64.1 Å². The van der Waals surface area contributed by atoms with Gasteiger partial charge in [0.05, 0.1) is 17.3 Å². The lowest BCUT2D eigenvalue weighted by molar-refractivity contribution is -0.118. The van der Waals surface area contributed by atoms with E-state index in [1.807, 2.05) is 36.4 Å². The Kier molecular flexibility index (Phi) is 7.59. The predicted molar refractivity (Wildman–Crippen MR) is 97.6 cm³/mol. The maximum atomic E-state index is 11.7. The van der Waals surface area contributed by atoms with Crippen molar-refractivity contribution < 1.29 is 9.53 Å². The van der Waals surface area contributed by atoms with Crippen molar-refractivity contribution in [3.63, 3.8) is 0 Å². The van der Waals surface area contributed by atoms with Gasteiger partial charge in [0.25, 0.3) is 0 Å². The molecule has 23 heavy (non-hydrogen) atoms. The molecular formula is C17H17Cl2NO2S. The molecule has 0 spiro atoms. The Hall–Kier alpha value is -1.36. The van der Waals surface area contributed by atoms with Crippen LogP contribution in [0.15, 0.2) is 48.5 Å². The Morgan fingerprint density at radius 2 is 1.74 bits per heavy atom. The van der Waals surface area contributed by atoms with E-state index in [1.54, 1.807) is 12.1 Å². The summed E-state index contributed by atoms with van der Waals surface area (Å²) in [7, 11) is 0. The molecule has 2 aromatic rings.